The molecular weight excluding hydrogens is 352 g/mol. The minimum Gasteiger partial charge on any atom is -0.484 e. The van der Waals surface area contributed by atoms with Crippen LogP contribution in [0.5, 0.6) is 5.75 Å². The van der Waals surface area contributed by atoms with E-state index in [0.29, 0.717) is 5.75 Å². The third-order valence-corrected chi connectivity index (χ3v) is 4.23. The molecular formula is C15H15BrN2O2S. The van der Waals surface area contributed by atoms with Crippen molar-refractivity contribution in [3.05, 3.63) is 50.6 Å². The maximum Gasteiger partial charge on any atom is 0.277 e. The lowest BCUT2D eigenvalue weighted by Crippen LogP contribution is -2.24. The van der Waals surface area contributed by atoms with Gasteiger partial charge in [0.1, 0.15) is 5.75 Å². The number of hydrogen-bond acceptors (Lipinski definition) is 4. The van der Waals surface area contributed by atoms with E-state index in [-0.39, 0.29) is 12.5 Å². The SMILES string of the molecule is CCc1ccc(OCC(=O)N/N=C\c2ccc(Br)s2)cc1. The number of carbonyl (C=O) groups is 1. The van der Waals surface area contributed by atoms with Crippen molar-refractivity contribution in [3.8, 4) is 5.75 Å². The Bertz CT molecular complexity index is 623. The highest BCUT2D eigenvalue weighted by Gasteiger charge is 2.01. The number of carbonyl (C=O) groups excluding carboxylic acids is 1. The number of amides is 1. The molecule has 4 nitrogen and oxygen atoms in total. The Hall–Kier alpha value is -1.66. The average molecular weight is 367 g/mol. The fraction of sp³-hybridized carbons (Fsp3) is 0.200. The first-order valence-corrected chi connectivity index (χ1v) is 8.07. The highest BCUT2D eigenvalue weighted by atomic mass is 79.9. The van der Waals surface area contributed by atoms with Crippen LogP contribution in [-0.4, -0.2) is 18.7 Å². The molecule has 0 aliphatic rings. The molecule has 0 aliphatic carbocycles. The molecule has 0 atom stereocenters. The van der Waals surface area contributed by atoms with Crippen molar-refractivity contribution in [2.75, 3.05) is 6.61 Å². The van der Waals surface area contributed by atoms with Crippen LogP contribution in [0.2, 0.25) is 0 Å². The maximum atomic E-state index is 11.6. The van der Waals surface area contributed by atoms with Gasteiger partial charge in [0.25, 0.3) is 5.91 Å². The molecule has 6 heteroatoms. The Morgan fingerprint density at radius 1 is 1.33 bits per heavy atom. The van der Waals surface area contributed by atoms with Crippen molar-refractivity contribution in [1.29, 1.82) is 0 Å². The number of nitrogens with one attached hydrogen (secondary N) is 1. The second kappa shape index (κ2) is 7.95. The molecule has 2 aromatic rings. The smallest absolute Gasteiger partial charge is 0.277 e. The van der Waals surface area contributed by atoms with Gasteiger partial charge in [-0.1, -0.05) is 19.1 Å². The number of benzene rings is 1. The van der Waals surface area contributed by atoms with Crippen molar-refractivity contribution in [3.63, 3.8) is 0 Å². The molecule has 0 bridgehead atoms. The van der Waals surface area contributed by atoms with E-state index in [0.717, 1.165) is 15.1 Å². The van der Waals surface area contributed by atoms with Crippen LogP contribution in [0.25, 0.3) is 0 Å². The second-order valence-electron chi connectivity index (χ2n) is 4.22. The van der Waals surface area contributed by atoms with Crippen LogP contribution in [0.15, 0.2) is 45.3 Å². The van der Waals surface area contributed by atoms with Gasteiger partial charge < -0.3 is 4.74 Å². The van der Waals surface area contributed by atoms with E-state index < -0.39 is 0 Å². The normalized spacial score (nSPS) is 10.8. The molecule has 1 aromatic heterocycles. The maximum absolute atomic E-state index is 11.6. The predicted molar refractivity (Wildman–Crippen MR) is 89.1 cm³/mol. The van der Waals surface area contributed by atoms with Crippen LogP contribution >= 0.6 is 27.3 Å². The first kappa shape index (κ1) is 15.7. The van der Waals surface area contributed by atoms with Gasteiger partial charge in [0.05, 0.1) is 10.0 Å². The number of aryl methyl sites for hydroxylation is 1. The van der Waals surface area contributed by atoms with Crippen molar-refractivity contribution in [2.45, 2.75) is 13.3 Å². The number of hydrogen-bond donors (Lipinski definition) is 1. The van der Waals surface area contributed by atoms with E-state index in [1.54, 1.807) is 6.21 Å². The van der Waals surface area contributed by atoms with E-state index >= 15 is 0 Å². The molecule has 0 unspecified atom stereocenters. The van der Waals surface area contributed by atoms with Gasteiger partial charge in [-0.15, -0.1) is 11.3 Å². The van der Waals surface area contributed by atoms with Gasteiger partial charge in [0, 0.05) is 4.88 Å². The highest BCUT2D eigenvalue weighted by Crippen LogP contribution is 2.20. The summed E-state index contributed by atoms with van der Waals surface area (Å²) < 4.78 is 6.41. The molecule has 1 aromatic carbocycles. The Morgan fingerprint density at radius 2 is 2.10 bits per heavy atom. The third kappa shape index (κ3) is 5.32. The Morgan fingerprint density at radius 3 is 2.71 bits per heavy atom. The number of hydrazone groups is 1. The first-order valence-electron chi connectivity index (χ1n) is 6.46. The van der Waals surface area contributed by atoms with Crippen LogP contribution in [-0.2, 0) is 11.2 Å². The lowest BCUT2D eigenvalue weighted by Gasteiger charge is -2.05. The summed E-state index contributed by atoms with van der Waals surface area (Å²) in [5.74, 6) is 0.384. The van der Waals surface area contributed by atoms with Crippen LogP contribution in [0.3, 0.4) is 0 Å². The van der Waals surface area contributed by atoms with E-state index in [9.17, 15) is 4.79 Å². The first-order chi connectivity index (χ1) is 10.2. The summed E-state index contributed by atoms with van der Waals surface area (Å²) >= 11 is 4.90. The number of rotatable bonds is 6. The van der Waals surface area contributed by atoms with E-state index in [1.165, 1.54) is 16.9 Å². The minimum atomic E-state index is -0.290. The molecule has 1 N–H and O–H groups in total. The van der Waals surface area contributed by atoms with Crippen molar-refractivity contribution >= 4 is 39.4 Å². The van der Waals surface area contributed by atoms with Gasteiger partial charge in [-0.3, -0.25) is 4.79 Å². The zero-order chi connectivity index (χ0) is 15.1. The van der Waals surface area contributed by atoms with E-state index in [1.807, 2.05) is 36.4 Å². The molecule has 2 rings (SSSR count). The summed E-state index contributed by atoms with van der Waals surface area (Å²) in [6.07, 6.45) is 2.58. The largest absolute Gasteiger partial charge is 0.484 e. The monoisotopic (exact) mass is 366 g/mol. The number of halogens is 1. The van der Waals surface area contributed by atoms with Gasteiger partial charge in [-0.05, 0) is 52.2 Å². The number of nitrogens with zero attached hydrogens (tertiary/aromatic N) is 1. The highest BCUT2D eigenvalue weighted by molar-refractivity contribution is 9.11. The summed E-state index contributed by atoms with van der Waals surface area (Å²) in [5.41, 5.74) is 3.66. The Kier molecular flexibility index (Phi) is 5.95. The van der Waals surface area contributed by atoms with Crippen LogP contribution in [0, 0.1) is 0 Å². The quantitative estimate of drug-likeness (QED) is 0.627. The van der Waals surface area contributed by atoms with Crippen LogP contribution < -0.4 is 10.2 Å². The molecule has 1 amide bonds. The second-order valence-corrected chi connectivity index (χ2v) is 6.72. The standard InChI is InChI=1S/C15H15BrN2O2S/c1-2-11-3-5-12(6-4-11)20-10-15(19)18-17-9-13-7-8-14(16)21-13/h3-9H,2,10H2,1H3,(H,18,19)/b17-9-. The molecule has 0 saturated heterocycles. The van der Waals surface area contributed by atoms with E-state index in [2.05, 4.69) is 33.4 Å². The fourth-order valence-electron chi connectivity index (χ4n) is 1.57. The lowest BCUT2D eigenvalue weighted by atomic mass is 10.2. The van der Waals surface area contributed by atoms with Crippen LogP contribution in [0.1, 0.15) is 17.4 Å². The molecule has 0 saturated carbocycles. The molecule has 0 fully saturated rings. The summed E-state index contributed by atoms with van der Waals surface area (Å²) in [7, 11) is 0. The van der Waals surface area contributed by atoms with Crippen molar-refractivity contribution < 1.29 is 9.53 Å². The van der Waals surface area contributed by atoms with Crippen LogP contribution in [0.4, 0.5) is 0 Å². The third-order valence-electron chi connectivity index (χ3n) is 2.68. The molecule has 0 radical (unpaired) electrons. The molecule has 21 heavy (non-hydrogen) atoms. The van der Waals surface area contributed by atoms with E-state index in [4.69, 9.17) is 4.74 Å². The summed E-state index contributed by atoms with van der Waals surface area (Å²) in [5, 5.41) is 3.88. The molecule has 1 heterocycles. The summed E-state index contributed by atoms with van der Waals surface area (Å²) in [4.78, 5) is 12.5. The lowest BCUT2D eigenvalue weighted by molar-refractivity contribution is -0.123. The van der Waals surface area contributed by atoms with Gasteiger partial charge >= 0.3 is 0 Å². The summed E-state index contributed by atoms with van der Waals surface area (Å²) in [6, 6.07) is 11.5. The fourth-order valence-corrected chi connectivity index (χ4v) is 2.86. The zero-order valence-electron chi connectivity index (χ0n) is 11.5. The zero-order valence-corrected chi connectivity index (χ0v) is 13.9. The van der Waals surface area contributed by atoms with Gasteiger partial charge in [-0.2, -0.15) is 5.10 Å². The molecule has 0 aliphatic heterocycles. The molecule has 110 valence electrons. The Labute approximate surface area is 136 Å². The van der Waals surface area contributed by atoms with Crippen molar-refractivity contribution in [2.24, 2.45) is 5.10 Å². The van der Waals surface area contributed by atoms with Gasteiger partial charge in [0.15, 0.2) is 6.61 Å². The predicted octanol–water partition coefficient (Wildman–Crippen LogP) is 3.60. The van der Waals surface area contributed by atoms with Gasteiger partial charge in [0.2, 0.25) is 0 Å². The number of thiophene rings is 1. The topological polar surface area (TPSA) is 50.7 Å². The Balaban J connectivity index is 1.75. The number of ether oxygens (including phenoxy) is 1. The average Bonchev–Trinajstić information content (AvgIpc) is 2.91. The molecule has 0 spiro atoms. The summed E-state index contributed by atoms with van der Waals surface area (Å²) in [6.45, 7) is 2.03. The van der Waals surface area contributed by atoms with Crippen molar-refractivity contribution in [1.82, 2.24) is 5.43 Å². The minimum absolute atomic E-state index is 0.0586. The van der Waals surface area contributed by atoms with Gasteiger partial charge in [-0.25, -0.2) is 5.43 Å².